The predicted molar refractivity (Wildman–Crippen MR) is 105 cm³/mol. The van der Waals surface area contributed by atoms with Crippen LogP contribution in [0.15, 0.2) is 36.5 Å². The molecule has 0 saturated carbocycles. The maximum atomic E-state index is 13.4. The van der Waals surface area contributed by atoms with Crippen LogP contribution >= 0.6 is 22.9 Å². The Labute approximate surface area is 160 Å². The normalized spacial score (nSPS) is 12.2. The van der Waals surface area contributed by atoms with Gasteiger partial charge in [-0.2, -0.15) is 5.10 Å². The molecule has 0 radical (unpaired) electrons. The lowest BCUT2D eigenvalue weighted by Gasteiger charge is -2.16. The summed E-state index contributed by atoms with van der Waals surface area (Å²) in [6, 6.07) is 8.50. The molecule has 2 heterocycles. The third-order valence-electron chi connectivity index (χ3n) is 4.03. The zero-order chi connectivity index (χ0) is 18.7. The zero-order valence-electron chi connectivity index (χ0n) is 14.5. The van der Waals surface area contributed by atoms with E-state index in [1.54, 1.807) is 24.1 Å². The van der Waals surface area contributed by atoms with Crippen molar-refractivity contribution in [3.63, 3.8) is 0 Å². The first-order valence-electron chi connectivity index (χ1n) is 8.08. The number of nitrogens with one attached hydrogen (secondary N) is 1. The van der Waals surface area contributed by atoms with Crippen molar-refractivity contribution in [2.75, 3.05) is 19.0 Å². The number of aromatic nitrogens is 2. The molecular weight excluding hydrogens is 375 g/mol. The quantitative estimate of drug-likeness (QED) is 0.637. The highest BCUT2D eigenvalue weighted by molar-refractivity contribution is 7.18. The second kappa shape index (κ2) is 8.07. The van der Waals surface area contributed by atoms with Crippen LogP contribution < -0.4 is 15.8 Å². The molecule has 138 valence electrons. The third-order valence-corrected chi connectivity index (χ3v) is 5.34. The van der Waals surface area contributed by atoms with Crippen molar-refractivity contribution in [1.82, 2.24) is 9.78 Å². The average Bonchev–Trinajstić information content (AvgIpc) is 3.16. The van der Waals surface area contributed by atoms with Crippen LogP contribution in [0.25, 0.3) is 11.3 Å². The molecular formula is C18H20ClFN4OS. The van der Waals surface area contributed by atoms with Crippen molar-refractivity contribution in [3.05, 3.63) is 52.9 Å². The van der Waals surface area contributed by atoms with Crippen molar-refractivity contribution in [1.29, 1.82) is 0 Å². The number of methoxy groups -OCH3 is 1. The molecule has 0 fully saturated rings. The summed E-state index contributed by atoms with van der Waals surface area (Å²) < 4.78 is 20.6. The Balaban J connectivity index is 1.83. The Kier molecular flexibility index (Phi) is 5.80. The number of benzene rings is 1. The van der Waals surface area contributed by atoms with Crippen LogP contribution in [0, 0.1) is 5.82 Å². The summed E-state index contributed by atoms with van der Waals surface area (Å²) in [4.78, 5) is 0. The van der Waals surface area contributed by atoms with E-state index in [1.807, 2.05) is 19.2 Å². The van der Waals surface area contributed by atoms with Crippen LogP contribution in [0.4, 0.5) is 9.39 Å². The van der Waals surface area contributed by atoms with Crippen LogP contribution in [0.1, 0.15) is 5.56 Å². The van der Waals surface area contributed by atoms with Gasteiger partial charge in [-0.1, -0.05) is 35.1 Å². The maximum absolute atomic E-state index is 13.4. The van der Waals surface area contributed by atoms with Crippen LogP contribution in [0.3, 0.4) is 0 Å². The van der Waals surface area contributed by atoms with E-state index in [2.05, 4.69) is 10.4 Å². The largest absolute Gasteiger partial charge is 0.487 e. The van der Waals surface area contributed by atoms with Gasteiger partial charge in [-0.15, -0.1) is 0 Å². The minimum Gasteiger partial charge on any atom is -0.487 e. The molecule has 3 rings (SSSR count). The lowest BCUT2D eigenvalue weighted by Crippen LogP contribution is -2.30. The van der Waals surface area contributed by atoms with E-state index in [0.717, 1.165) is 26.9 Å². The van der Waals surface area contributed by atoms with Gasteiger partial charge in [-0.25, -0.2) is 4.39 Å². The number of anilines is 1. The summed E-state index contributed by atoms with van der Waals surface area (Å²) >= 11 is 7.73. The molecule has 0 spiro atoms. The Morgan fingerprint density at radius 1 is 1.42 bits per heavy atom. The third kappa shape index (κ3) is 4.00. The van der Waals surface area contributed by atoms with Gasteiger partial charge in [-0.05, 0) is 30.2 Å². The molecule has 1 atom stereocenters. The number of rotatable bonds is 7. The van der Waals surface area contributed by atoms with Gasteiger partial charge in [0.25, 0.3) is 0 Å². The summed E-state index contributed by atoms with van der Waals surface area (Å²) in [5.41, 5.74) is 8.46. The Morgan fingerprint density at radius 3 is 2.85 bits per heavy atom. The SMILES string of the molecule is COc1sc(N[C@H](CN)Cc2cccc(F)c2)cc1-c1c(Cl)cnn1C. The van der Waals surface area contributed by atoms with Gasteiger partial charge < -0.3 is 15.8 Å². The fourth-order valence-electron chi connectivity index (χ4n) is 2.82. The Hall–Kier alpha value is -2.09. The van der Waals surface area contributed by atoms with Gasteiger partial charge in [0.1, 0.15) is 5.82 Å². The monoisotopic (exact) mass is 394 g/mol. The smallest absolute Gasteiger partial charge is 0.184 e. The molecule has 2 aromatic heterocycles. The molecule has 0 saturated heterocycles. The lowest BCUT2D eigenvalue weighted by molar-refractivity contribution is 0.428. The fourth-order valence-corrected chi connectivity index (χ4v) is 4.04. The van der Waals surface area contributed by atoms with Gasteiger partial charge in [0.2, 0.25) is 0 Å². The average molecular weight is 395 g/mol. The van der Waals surface area contributed by atoms with Crippen LogP contribution in [0.5, 0.6) is 5.06 Å². The fraction of sp³-hybridized carbons (Fsp3) is 0.278. The van der Waals surface area contributed by atoms with Crippen molar-refractivity contribution in [3.8, 4) is 16.3 Å². The van der Waals surface area contributed by atoms with Gasteiger partial charge >= 0.3 is 0 Å². The predicted octanol–water partition coefficient (Wildman–Crippen LogP) is 3.93. The number of halogens is 2. The molecule has 5 nitrogen and oxygen atoms in total. The molecule has 0 aliphatic heterocycles. The summed E-state index contributed by atoms with van der Waals surface area (Å²) in [5, 5.41) is 9.79. The van der Waals surface area contributed by atoms with Gasteiger partial charge in [-0.3, -0.25) is 4.68 Å². The molecule has 0 amide bonds. The van der Waals surface area contributed by atoms with Gasteiger partial charge in [0.05, 0.1) is 34.6 Å². The highest BCUT2D eigenvalue weighted by atomic mass is 35.5. The molecule has 0 bridgehead atoms. The standard InChI is InChI=1S/C18H20ClFN4OS/c1-24-17(15(19)10-22-24)14-8-16(26-18(14)25-2)23-13(9-21)7-11-4-3-5-12(20)6-11/h3-6,8,10,13,23H,7,9,21H2,1-2H3/t13-/m0/s1. The molecule has 26 heavy (non-hydrogen) atoms. The molecule has 3 N–H and O–H groups in total. The summed E-state index contributed by atoms with van der Waals surface area (Å²) in [7, 11) is 3.45. The highest BCUT2D eigenvalue weighted by Gasteiger charge is 2.19. The summed E-state index contributed by atoms with van der Waals surface area (Å²) in [6.45, 7) is 0.415. The number of ether oxygens (including phenoxy) is 1. The second-order valence-electron chi connectivity index (χ2n) is 5.89. The van der Waals surface area contributed by atoms with E-state index in [0.29, 0.717) is 18.0 Å². The van der Waals surface area contributed by atoms with Crippen molar-refractivity contribution in [2.45, 2.75) is 12.5 Å². The Morgan fingerprint density at radius 2 is 2.23 bits per heavy atom. The van der Waals surface area contributed by atoms with E-state index in [4.69, 9.17) is 22.1 Å². The summed E-state index contributed by atoms with van der Waals surface area (Å²) in [6.07, 6.45) is 2.23. The topological polar surface area (TPSA) is 65.1 Å². The number of nitrogens with zero attached hydrogens (tertiary/aromatic N) is 2. The van der Waals surface area contributed by atoms with Crippen LogP contribution in [-0.4, -0.2) is 29.5 Å². The minimum absolute atomic E-state index is 0.0324. The molecule has 0 aliphatic carbocycles. The summed E-state index contributed by atoms with van der Waals surface area (Å²) in [5.74, 6) is -0.246. The first-order valence-corrected chi connectivity index (χ1v) is 9.28. The van der Waals surface area contributed by atoms with Crippen molar-refractivity contribution >= 4 is 27.9 Å². The maximum Gasteiger partial charge on any atom is 0.184 e. The number of hydrogen-bond acceptors (Lipinski definition) is 5. The van der Waals surface area contributed by atoms with Gasteiger partial charge in [0.15, 0.2) is 5.06 Å². The van der Waals surface area contributed by atoms with E-state index < -0.39 is 0 Å². The number of nitrogens with two attached hydrogens (primary N) is 1. The van der Waals surface area contributed by atoms with E-state index in [-0.39, 0.29) is 11.9 Å². The molecule has 1 aromatic carbocycles. The van der Waals surface area contributed by atoms with E-state index in [9.17, 15) is 4.39 Å². The second-order valence-corrected chi connectivity index (χ2v) is 7.31. The van der Waals surface area contributed by atoms with Gasteiger partial charge in [0, 0.05) is 19.6 Å². The van der Waals surface area contributed by atoms with Crippen LogP contribution in [0.2, 0.25) is 5.02 Å². The number of hydrogen-bond donors (Lipinski definition) is 2. The van der Waals surface area contributed by atoms with Crippen molar-refractivity contribution in [2.24, 2.45) is 12.8 Å². The number of thiophene rings is 1. The Bertz CT molecular complexity index is 876. The molecule has 0 unspecified atom stereocenters. The highest BCUT2D eigenvalue weighted by Crippen LogP contribution is 2.43. The van der Waals surface area contributed by atoms with E-state index in [1.165, 1.54) is 23.5 Å². The first kappa shape index (κ1) is 18.7. The minimum atomic E-state index is -0.246. The van der Waals surface area contributed by atoms with Crippen LogP contribution in [-0.2, 0) is 13.5 Å². The molecule has 0 aliphatic rings. The first-order chi connectivity index (χ1) is 12.5. The molecule has 8 heteroatoms. The van der Waals surface area contributed by atoms with E-state index >= 15 is 0 Å². The lowest BCUT2D eigenvalue weighted by atomic mass is 10.1. The number of aryl methyl sites for hydroxylation is 1. The van der Waals surface area contributed by atoms with Crippen molar-refractivity contribution < 1.29 is 9.13 Å². The zero-order valence-corrected chi connectivity index (χ0v) is 16.1. The molecule has 3 aromatic rings.